The number of rotatable bonds is 1. The fourth-order valence-corrected chi connectivity index (χ4v) is 3.33. The highest BCUT2D eigenvalue weighted by Crippen LogP contribution is 2.36. The summed E-state index contributed by atoms with van der Waals surface area (Å²) >= 11 is 6.20. The molecule has 0 spiro atoms. The molecule has 1 aliphatic carbocycles. The van der Waals surface area contributed by atoms with Crippen molar-refractivity contribution in [2.75, 3.05) is 4.90 Å². The van der Waals surface area contributed by atoms with E-state index in [-0.39, 0.29) is 29.0 Å². The lowest BCUT2D eigenvalue weighted by atomic mass is 9.81. The van der Waals surface area contributed by atoms with Crippen molar-refractivity contribution < 1.29 is 14.7 Å². The van der Waals surface area contributed by atoms with E-state index in [0.717, 1.165) is 6.42 Å². The number of carbonyl (C=O) groups excluding carboxylic acids is 2. The summed E-state index contributed by atoms with van der Waals surface area (Å²) in [4.78, 5) is 25.7. The van der Waals surface area contributed by atoms with Crippen molar-refractivity contribution in [1.82, 2.24) is 5.32 Å². The Balaban J connectivity index is 1.96. The van der Waals surface area contributed by atoms with E-state index in [0.29, 0.717) is 18.5 Å². The van der Waals surface area contributed by atoms with E-state index in [9.17, 15) is 14.7 Å². The summed E-state index contributed by atoms with van der Waals surface area (Å²) < 4.78 is 0. The van der Waals surface area contributed by atoms with Crippen LogP contribution >= 0.6 is 11.6 Å². The molecule has 1 aromatic carbocycles. The summed E-state index contributed by atoms with van der Waals surface area (Å²) in [5.74, 6) is -0.284. The average molecular weight is 295 g/mol. The van der Waals surface area contributed by atoms with Crippen LogP contribution in [0.2, 0.25) is 0 Å². The quantitative estimate of drug-likeness (QED) is 0.780. The Bertz CT molecular complexity index is 546. The van der Waals surface area contributed by atoms with E-state index in [1.807, 2.05) is 0 Å². The molecule has 2 fully saturated rings. The minimum absolute atomic E-state index is 0.0189. The number of amides is 3. The van der Waals surface area contributed by atoms with Crippen LogP contribution in [0.25, 0.3) is 0 Å². The van der Waals surface area contributed by atoms with Gasteiger partial charge in [-0.2, -0.15) is 0 Å². The monoisotopic (exact) mass is 294 g/mol. The predicted octanol–water partition coefficient (Wildman–Crippen LogP) is 2.22. The second-order valence-corrected chi connectivity index (χ2v) is 5.88. The predicted molar refractivity (Wildman–Crippen MR) is 74.9 cm³/mol. The Morgan fingerprint density at radius 2 is 1.90 bits per heavy atom. The topological polar surface area (TPSA) is 69.6 Å². The van der Waals surface area contributed by atoms with Crippen molar-refractivity contribution in [3.05, 3.63) is 24.3 Å². The maximum Gasteiger partial charge on any atom is 0.328 e. The minimum atomic E-state index is -0.423. The molecule has 3 amide bonds. The molecule has 0 bridgehead atoms. The van der Waals surface area contributed by atoms with Gasteiger partial charge in [-0.1, -0.05) is 0 Å². The van der Waals surface area contributed by atoms with Gasteiger partial charge in [0.25, 0.3) is 0 Å². The van der Waals surface area contributed by atoms with Gasteiger partial charge in [0.05, 0.1) is 12.0 Å². The summed E-state index contributed by atoms with van der Waals surface area (Å²) in [5, 5.41) is 11.7. The smallest absolute Gasteiger partial charge is 0.328 e. The van der Waals surface area contributed by atoms with Gasteiger partial charge in [0.2, 0.25) is 5.91 Å². The average Bonchev–Trinajstić information content (AvgIpc) is 2.40. The summed E-state index contributed by atoms with van der Waals surface area (Å²) in [6.07, 6.45) is 2.08. The lowest BCUT2D eigenvalue weighted by Crippen LogP contribution is -2.62. The Hall–Kier alpha value is -1.75. The molecular weight excluding hydrogens is 280 g/mol. The molecule has 2 N–H and O–H groups in total. The van der Waals surface area contributed by atoms with Gasteiger partial charge in [-0.15, -0.1) is 11.6 Å². The molecule has 2 aliphatic rings. The number of halogens is 1. The molecule has 1 heterocycles. The third-order valence-corrected chi connectivity index (χ3v) is 4.39. The Labute approximate surface area is 121 Å². The third kappa shape index (κ3) is 2.22. The molecule has 5 nitrogen and oxygen atoms in total. The number of urea groups is 1. The van der Waals surface area contributed by atoms with Gasteiger partial charge in [-0.3, -0.25) is 15.0 Å². The van der Waals surface area contributed by atoms with Crippen LogP contribution in [0.4, 0.5) is 10.5 Å². The number of fused-ring (bicyclic) bond motifs is 1. The number of anilines is 1. The fourth-order valence-electron chi connectivity index (χ4n) is 3.02. The second-order valence-electron chi connectivity index (χ2n) is 5.26. The lowest BCUT2D eigenvalue weighted by Gasteiger charge is -2.43. The summed E-state index contributed by atoms with van der Waals surface area (Å²) in [6.45, 7) is 0. The first-order valence-electron chi connectivity index (χ1n) is 6.63. The van der Waals surface area contributed by atoms with E-state index in [1.165, 1.54) is 12.1 Å². The molecule has 3 unspecified atom stereocenters. The highest BCUT2D eigenvalue weighted by molar-refractivity contribution is 6.21. The van der Waals surface area contributed by atoms with E-state index >= 15 is 0 Å². The van der Waals surface area contributed by atoms with Crippen LogP contribution in [0, 0.1) is 5.92 Å². The number of nitrogens with zero attached hydrogens (tertiary/aromatic N) is 1. The number of nitrogens with one attached hydrogen (secondary N) is 1. The van der Waals surface area contributed by atoms with Crippen molar-refractivity contribution in [3.8, 4) is 5.75 Å². The molecule has 1 aromatic rings. The molecule has 106 valence electrons. The van der Waals surface area contributed by atoms with Crippen LogP contribution in [0.1, 0.15) is 19.3 Å². The molecule has 3 rings (SSSR count). The van der Waals surface area contributed by atoms with Crippen molar-refractivity contribution in [2.45, 2.75) is 30.7 Å². The zero-order chi connectivity index (χ0) is 14.3. The first-order chi connectivity index (χ1) is 9.56. The van der Waals surface area contributed by atoms with Crippen molar-refractivity contribution in [3.63, 3.8) is 0 Å². The summed E-state index contributed by atoms with van der Waals surface area (Å²) in [5.41, 5.74) is 0.661. The van der Waals surface area contributed by atoms with Gasteiger partial charge in [-0.25, -0.2) is 4.79 Å². The molecule has 3 atom stereocenters. The summed E-state index contributed by atoms with van der Waals surface area (Å²) in [6, 6.07) is 5.74. The number of carbonyl (C=O) groups is 2. The van der Waals surface area contributed by atoms with Gasteiger partial charge in [0.15, 0.2) is 0 Å². The number of benzene rings is 1. The van der Waals surface area contributed by atoms with Crippen LogP contribution < -0.4 is 10.2 Å². The van der Waals surface area contributed by atoms with Crippen LogP contribution in [0.3, 0.4) is 0 Å². The van der Waals surface area contributed by atoms with Crippen LogP contribution in [0.15, 0.2) is 24.3 Å². The highest BCUT2D eigenvalue weighted by Gasteiger charge is 2.45. The van der Waals surface area contributed by atoms with E-state index in [2.05, 4.69) is 5.32 Å². The fraction of sp³-hybridized carbons (Fsp3) is 0.429. The zero-order valence-electron chi connectivity index (χ0n) is 10.8. The van der Waals surface area contributed by atoms with Gasteiger partial charge in [-0.05, 0) is 43.5 Å². The van der Waals surface area contributed by atoms with Crippen LogP contribution in [-0.4, -0.2) is 28.5 Å². The number of hydrogen-bond acceptors (Lipinski definition) is 3. The van der Waals surface area contributed by atoms with E-state index < -0.39 is 6.03 Å². The van der Waals surface area contributed by atoms with E-state index in [4.69, 9.17) is 11.6 Å². The van der Waals surface area contributed by atoms with E-state index in [1.54, 1.807) is 17.0 Å². The van der Waals surface area contributed by atoms with Gasteiger partial charge in [0.1, 0.15) is 5.75 Å². The zero-order valence-corrected chi connectivity index (χ0v) is 11.5. The van der Waals surface area contributed by atoms with Crippen molar-refractivity contribution >= 4 is 29.2 Å². The SMILES string of the molecule is O=C1NC(=O)N(c2ccc(O)cc2)C2CC(Cl)CCC12. The normalized spacial score (nSPS) is 29.9. The maximum atomic E-state index is 12.1. The first-order valence-corrected chi connectivity index (χ1v) is 7.07. The van der Waals surface area contributed by atoms with Crippen molar-refractivity contribution in [2.24, 2.45) is 5.92 Å². The molecule has 1 saturated heterocycles. The highest BCUT2D eigenvalue weighted by atomic mass is 35.5. The number of phenols is 1. The molecule has 20 heavy (non-hydrogen) atoms. The van der Waals surface area contributed by atoms with Gasteiger partial charge < -0.3 is 5.11 Å². The van der Waals surface area contributed by atoms with Crippen LogP contribution in [-0.2, 0) is 4.79 Å². The molecule has 1 saturated carbocycles. The third-order valence-electron chi connectivity index (χ3n) is 4.00. The van der Waals surface area contributed by atoms with Crippen molar-refractivity contribution in [1.29, 1.82) is 0 Å². The Kier molecular flexibility index (Phi) is 3.30. The molecule has 0 radical (unpaired) electrons. The minimum Gasteiger partial charge on any atom is -0.508 e. The number of hydrogen-bond donors (Lipinski definition) is 2. The van der Waals surface area contributed by atoms with Gasteiger partial charge in [0, 0.05) is 11.1 Å². The molecular formula is C14H15ClN2O3. The molecule has 6 heteroatoms. The number of alkyl halides is 1. The molecule has 1 aliphatic heterocycles. The number of imide groups is 1. The second kappa shape index (κ2) is 4.98. The Morgan fingerprint density at radius 1 is 1.20 bits per heavy atom. The van der Waals surface area contributed by atoms with Crippen LogP contribution in [0.5, 0.6) is 5.75 Å². The maximum absolute atomic E-state index is 12.1. The largest absolute Gasteiger partial charge is 0.508 e. The Morgan fingerprint density at radius 3 is 2.60 bits per heavy atom. The molecule has 0 aromatic heterocycles. The first kappa shape index (κ1) is 13.2. The standard InChI is InChI=1S/C14H15ClN2O3/c15-8-1-6-11-12(7-8)17(14(20)16-13(11)19)9-2-4-10(18)5-3-9/h2-5,8,11-12,18H,1,6-7H2,(H,16,19,20). The van der Waals surface area contributed by atoms with Gasteiger partial charge >= 0.3 is 6.03 Å². The number of aromatic hydroxyl groups is 1. The lowest BCUT2D eigenvalue weighted by molar-refractivity contribution is -0.126. The summed E-state index contributed by atoms with van der Waals surface area (Å²) in [7, 11) is 0. The number of phenolic OH excluding ortho intramolecular Hbond substituents is 1.